The third kappa shape index (κ3) is 1.95. The summed E-state index contributed by atoms with van der Waals surface area (Å²) in [6.45, 7) is 1.000. The lowest BCUT2D eigenvalue weighted by Gasteiger charge is -2.11. The van der Waals surface area contributed by atoms with E-state index in [1.165, 1.54) is 6.92 Å². The van der Waals surface area contributed by atoms with Crippen molar-refractivity contribution >= 4 is 0 Å². The van der Waals surface area contributed by atoms with Crippen LogP contribution in [0.25, 0.3) is 0 Å². The molecule has 0 saturated carbocycles. The Bertz CT molecular complexity index is 349. The van der Waals surface area contributed by atoms with Crippen LogP contribution in [0.2, 0.25) is 0 Å². The molecule has 1 aromatic heterocycles. The van der Waals surface area contributed by atoms with Crippen LogP contribution in [0.15, 0.2) is 12.3 Å². The van der Waals surface area contributed by atoms with E-state index in [1.807, 2.05) is 0 Å². The topological polar surface area (TPSA) is 53.0 Å². The first-order valence-corrected chi connectivity index (χ1v) is 3.86. The molecule has 0 saturated heterocycles. The van der Waals surface area contributed by atoms with Crippen molar-refractivity contribution in [3.05, 3.63) is 34.3 Å². The van der Waals surface area contributed by atoms with Gasteiger partial charge in [-0.3, -0.25) is 0 Å². The molecule has 1 heterocycles. The number of halogens is 3. The van der Waals surface area contributed by atoms with Crippen molar-refractivity contribution in [1.82, 2.24) is 0 Å². The first-order valence-electron chi connectivity index (χ1n) is 3.86. The molecule has 0 aliphatic rings. The van der Waals surface area contributed by atoms with E-state index < -0.39 is 11.7 Å². The fraction of sp³-hybridized carbons (Fsp3) is 0.375. The van der Waals surface area contributed by atoms with E-state index in [-0.39, 0.29) is 17.8 Å². The molecule has 0 aliphatic heterocycles. The van der Waals surface area contributed by atoms with Crippen LogP contribution in [0.5, 0.6) is 0 Å². The summed E-state index contributed by atoms with van der Waals surface area (Å²) in [5.74, 6) is 0. The van der Waals surface area contributed by atoms with E-state index in [0.717, 1.165) is 12.3 Å². The van der Waals surface area contributed by atoms with Gasteiger partial charge in [-0.05, 0) is 0 Å². The molecule has 0 aromatic carbocycles. The van der Waals surface area contributed by atoms with Gasteiger partial charge < -0.3 is 10.9 Å². The lowest BCUT2D eigenvalue weighted by atomic mass is 10.1. The van der Waals surface area contributed by atoms with Gasteiger partial charge in [0.1, 0.15) is 0 Å². The van der Waals surface area contributed by atoms with Crippen LogP contribution >= 0.6 is 0 Å². The molecule has 78 valence electrons. The Morgan fingerprint density at radius 1 is 1.50 bits per heavy atom. The van der Waals surface area contributed by atoms with E-state index in [9.17, 15) is 18.4 Å². The highest BCUT2D eigenvalue weighted by molar-refractivity contribution is 5.26. The SMILES string of the molecule is Cc1cc(C(F)(F)F)c(CN)c[n+]1[O-]. The number of nitrogens with two attached hydrogens (primary N) is 1. The van der Waals surface area contributed by atoms with Gasteiger partial charge in [-0.15, -0.1) is 0 Å². The molecule has 0 amide bonds. The van der Waals surface area contributed by atoms with Gasteiger partial charge in [0.15, 0.2) is 11.9 Å². The zero-order valence-electron chi connectivity index (χ0n) is 7.43. The predicted octanol–water partition coefficient (Wildman–Crippen LogP) is 1.11. The molecule has 3 nitrogen and oxygen atoms in total. The molecule has 0 atom stereocenters. The Balaban J connectivity index is 3.35. The Labute approximate surface area is 78.5 Å². The van der Waals surface area contributed by atoms with E-state index >= 15 is 0 Å². The highest BCUT2D eigenvalue weighted by Gasteiger charge is 2.34. The van der Waals surface area contributed by atoms with Crippen molar-refractivity contribution in [2.24, 2.45) is 5.73 Å². The molecule has 2 N–H and O–H groups in total. The Morgan fingerprint density at radius 2 is 2.07 bits per heavy atom. The zero-order chi connectivity index (χ0) is 10.9. The average Bonchev–Trinajstić information content (AvgIpc) is 2.07. The molecule has 14 heavy (non-hydrogen) atoms. The molecule has 6 heteroatoms. The maximum Gasteiger partial charge on any atom is 0.417 e. The maximum atomic E-state index is 12.4. The lowest BCUT2D eigenvalue weighted by Crippen LogP contribution is -2.32. The first-order chi connectivity index (χ1) is 6.36. The fourth-order valence-electron chi connectivity index (χ4n) is 1.10. The van der Waals surface area contributed by atoms with Crippen LogP contribution in [0.1, 0.15) is 16.8 Å². The van der Waals surface area contributed by atoms with Gasteiger partial charge in [-0.1, -0.05) is 0 Å². The molecule has 0 unspecified atom stereocenters. The number of rotatable bonds is 1. The summed E-state index contributed by atoms with van der Waals surface area (Å²) in [7, 11) is 0. The molecule has 1 aromatic rings. The van der Waals surface area contributed by atoms with Crippen molar-refractivity contribution in [3.63, 3.8) is 0 Å². The summed E-state index contributed by atoms with van der Waals surface area (Å²) >= 11 is 0. The van der Waals surface area contributed by atoms with Crippen molar-refractivity contribution in [3.8, 4) is 0 Å². The van der Waals surface area contributed by atoms with Crippen molar-refractivity contribution in [2.45, 2.75) is 19.6 Å². The van der Waals surface area contributed by atoms with Crippen LogP contribution in [-0.4, -0.2) is 0 Å². The predicted molar refractivity (Wildman–Crippen MR) is 43.0 cm³/mol. The van der Waals surface area contributed by atoms with Crippen molar-refractivity contribution in [1.29, 1.82) is 0 Å². The number of aryl methyl sites for hydroxylation is 1. The zero-order valence-corrected chi connectivity index (χ0v) is 7.43. The second-order valence-electron chi connectivity index (χ2n) is 2.88. The standard InChI is InChI=1S/C8H9F3N2O/c1-5-2-7(8(9,10)11)6(3-12)4-13(5)14/h2,4H,3,12H2,1H3. The smallest absolute Gasteiger partial charge is 0.417 e. The minimum Gasteiger partial charge on any atom is -0.619 e. The van der Waals surface area contributed by atoms with Crippen molar-refractivity contribution < 1.29 is 17.9 Å². The van der Waals surface area contributed by atoms with Crippen LogP contribution in [0, 0.1) is 12.1 Å². The molecule has 1 rings (SSSR count). The largest absolute Gasteiger partial charge is 0.619 e. The average molecular weight is 206 g/mol. The third-order valence-electron chi connectivity index (χ3n) is 1.85. The van der Waals surface area contributed by atoms with E-state index in [0.29, 0.717) is 4.73 Å². The Hall–Kier alpha value is -1.30. The van der Waals surface area contributed by atoms with Crippen molar-refractivity contribution in [2.75, 3.05) is 0 Å². The number of hydrogen-bond donors (Lipinski definition) is 1. The molecule has 0 fully saturated rings. The van der Waals surface area contributed by atoms with Gasteiger partial charge in [-0.2, -0.15) is 17.9 Å². The van der Waals surface area contributed by atoms with Gasteiger partial charge in [0.2, 0.25) is 0 Å². The second-order valence-corrected chi connectivity index (χ2v) is 2.88. The third-order valence-corrected chi connectivity index (χ3v) is 1.85. The highest BCUT2D eigenvalue weighted by atomic mass is 19.4. The minimum atomic E-state index is -4.46. The first kappa shape index (κ1) is 10.8. The van der Waals surface area contributed by atoms with Gasteiger partial charge in [0, 0.05) is 25.1 Å². The summed E-state index contributed by atoms with van der Waals surface area (Å²) in [6, 6.07) is 0.801. The quantitative estimate of drug-likeness (QED) is 0.552. The number of nitrogens with zero attached hydrogens (tertiary/aromatic N) is 1. The monoisotopic (exact) mass is 206 g/mol. The van der Waals surface area contributed by atoms with E-state index in [4.69, 9.17) is 5.73 Å². The van der Waals surface area contributed by atoms with Gasteiger partial charge >= 0.3 is 6.18 Å². The number of aromatic nitrogens is 1. The molecule has 0 bridgehead atoms. The Morgan fingerprint density at radius 3 is 2.50 bits per heavy atom. The number of pyridine rings is 1. The Kier molecular flexibility index (Phi) is 2.66. The number of alkyl halides is 3. The van der Waals surface area contributed by atoms with Gasteiger partial charge in [-0.25, -0.2) is 0 Å². The second kappa shape index (κ2) is 3.45. The fourth-order valence-corrected chi connectivity index (χ4v) is 1.10. The van der Waals surface area contributed by atoms with Crippen LogP contribution < -0.4 is 10.5 Å². The molecule has 0 radical (unpaired) electrons. The van der Waals surface area contributed by atoms with Gasteiger partial charge in [0.05, 0.1) is 5.56 Å². The lowest BCUT2D eigenvalue weighted by molar-refractivity contribution is -0.613. The number of hydrogen-bond acceptors (Lipinski definition) is 2. The summed E-state index contributed by atoms with van der Waals surface area (Å²) in [6.07, 6.45) is -3.61. The minimum absolute atomic E-state index is 0.00507. The maximum absolute atomic E-state index is 12.4. The van der Waals surface area contributed by atoms with E-state index in [2.05, 4.69) is 0 Å². The molecule has 0 aliphatic carbocycles. The molecular formula is C8H9F3N2O. The highest BCUT2D eigenvalue weighted by Crippen LogP contribution is 2.31. The normalized spacial score (nSPS) is 11.8. The summed E-state index contributed by atoms with van der Waals surface area (Å²) in [4.78, 5) is 0. The van der Waals surface area contributed by atoms with Crippen LogP contribution in [-0.2, 0) is 12.7 Å². The summed E-state index contributed by atoms with van der Waals surface area (Å²) in [5.41, 5.74) is 4.07. The van der Waals surface area contributed by atoms with E-state index in [1.54, 1.807) is 0 Å². The van der Waals surface area contributed by atoms with Crippen LogP contribution in [0.3, 0.4) is 0 Å². The summed E-state index contributed by atoms with van der Waals surface area (Å²) in [5, 5.41) is 11.0. The summed E-state index contributed by atoms with van der Waals surface area (Å²) < 4.78 is 37.5. The van der Waals surface area contributed by atoms with Gasteiger partial charge in [0.25, 0.3) is 0 Å². The van der Waals surface area contributed by atoms with Crippen LogP contribution in [0.4, 0.5) is 13.2 Å². The molecule has 0 spiro atoms. The molecular weight excluding hydrogens is 197 g/mol.